The molecule has 4 heteroatoms. The average molecular weight is 277 g/mol. The summed E-state index contributed by atoms with van der Waals surface area (Å²) in [6.45, 7) is 3.93. The van der Waals surface area contributed by atoms with Gasteiger partial charge in [0.05, 0.1) is 11.2 Å². The number of aromatic nitrogens is 1. The molecule has 1 heterocycles. The number of halogens is 1. The molecule has 19 heavy (non-hydrogen) atoms. The fourth-order valence-corrected chi connectivity index (χ4v) is 1.89. The summed E-state index contributed by atoms with van der Waals surface area (Å²) in [5, 5.41) is 3.94. The molecule has 0 radical (unpaired) electrons. The third-order valence-electron chi connectivity index (χ3n) is 2.62. The van der Waals surface area contributed by atoms with Gasteiger partial charge in [0.2, 0.25) is 0 Å². The fraction of sp³-hybridized carbons (Fsp3) is 0.267. The molecular formula is C15H17ClN2O. The zero-order valence-electron chi connectivity index (χ0n) is 10.9. The molecule has 3 nitrogen and oxygen atoms in total. The SMILES string of the molecule is CCCNCc1ccccc1Oc1cncc(Cl)c1. The Bertz CT molecular complexity index is 531. The van der Waals surface area contributed by atoms with Crippen LogP contribution in [0.25, 0.3) is 0 Å². The quantitative estimate of drug-likeness (QED) is 0.809. The number of hydrogen-bond donors (Lipinski definition) is 1. The minimum absolute atomic E-state index is 0.569. The molecule has 2 rings (SSSR count). The van der Waals surface area contributed by atoms with E-state index in [0.29, 0.717) is 10.8 Å². The highest BCUT2D eigenvalue weighted by atomic mass is 35.5. The van der Waals surface area contributed by atoms with Gasteiger partial charge in [-0.15, -0.1) is 0 Å². The monoisotopic (exact) mass is 276 g/mol. The first-order valence-corrected chi connectivity index (χ1v) is 6.74. The van der Waals surface area contributed by atoms with Crippen molar-refractivity contribution < 1.29 is 4.74 Å². The highest BCUT2D eigenvalue weighted by Gasteiger charge is 2.04. The van der Waals surface area contributed by atoms with Crippen molar-refractivity contribution in [1.29, 1.82) is 0 Å². The number of pyridine rings is 1. The molecule has 0 spiro atoms. The van der Waals surface area contributed by atoms with Gasteiger partial charge in [0.1, 0.15) is 11.5 Å². The van der Waals surface area contributed by atoms with Crippen molar-refractivity contribution in [1.82, 2.24) is 10.3 Å². The Morgan fingerprint density at radius 1 is 1.26 bits per heavy atom. The Hall–Kier alpha value is -1.58. The van der Waals surface area contributed by atoms with E-state index in [-0.39, 0.29) is 0 Å². The van der Waals surface area contributed by atoms with Crippen LogP contribution >= 0.6 is 11.6 Å². The average Bonchev–Trinajstić information content (AvgIpc) is 2.41. The Labute approximate surface area is 118 Å². The van der Waals surface area contributed by atoms with Gasteiger partial charge in [-0.2, -0.15) is 0 Å². The van der Waals surface area contributed by atoms with E-state index < -0.39 is 0 Å². The summed E-state index contributed by atoms with van der Waals surface area (Å²) in [6, 6.07) is 9.72. The van der Waals surface area contributed by atoms with Gasteiger partial charge in [-0.3, -0.25) is 4.98 Å². The highest BCUT2D eigenvalue weighted by Crippen LogP contribution is 2.26. The molecule has 100 valence electrons. The highest BCUT2D eigenvalue weighted by molar-refractivity contribution is 6.30. The lowest BCUT2D eigenvalue weighted by molar-refractivity contribution is 0.470. The number of rotatable bonds is 6. The van der Waals surface area contributed by atoms with Gasteiger partial charge >= 0.3 is 0 Å². The van der Waals surface area contributed by atoms with Gasteiger partial charge in [0.25, 0.3) is 0 Å². The second-order valence-corrected chi connectivity index (χ2v) is 4.66. The summed E-state index contributed by atoms with van der Waals surface area (Å²) >= 11 is 5.90. The molecule has 0 aliphatic carbocycles. The Balaban J connectivity index is 2.11. The van der Waals surface area contributed by atoms with Crippen molar-refractivity contribution in [2.75, 3.05) is 6.54 Å². The van der Waals surface area contributed by atoms with E-state index in [2.05, 4.69) is 23.3 Å². The van der Waals surface area contributed by atoms with Gasteiger partial charge in [-0.1, -0.05) is 36.7 Å². The molecule has 0 saturated heterocycles. The summed E-state index contributed by atoms with van der Waals surface area (Å²) in [7, 11) is 0. The lowest BCUT2D eigenvalue weighted by Gasteiger charge is -2.11. The minimum Gasteiger partial charge on any atom is -0.455 e. The van der Waals surface area contributed by atoms with Gasteiger partial charge in [0, 0.05) is 24.4 Å². The van der Waals surface area contributed by atoms with Crippen LogP contribution in [0.3, 0.4) is 0 Å². The number of nitrogens with zero attached hydrogens (tertiary/aromatic N) is 1. The Kier molecular flexibility index (Phi) is 5.19. The molecule has 2 aromatic rings. The molecule has 0 saturated carbocycles. The van der Waals surface area contributed by atoms with Crippen LogP contribution in [0.2, 0.25) is 5.02 Å². The first kappa shape index (κ1) is 13.8. The largest absolute Gasteiger partial charge is 0.455 e. The fourth-order valence-electron chi connectivity index (χ4n) is 1.72. The standard InChI is InChI=1S/C15H17ClN2O/c1-2-7-17-9-12-5-3-4-6-15(12)19-14-8-13(16)10-18-11-14/h3-6,8,10-11,17H,2,7,9H2,1H3. The molecule has 0 bridgehead atoms. The van der Waals surface area contributed by atoms with Crippen molar-refractivity contribution >= 4 is 11.6 Å². The zero-order valence-corrected chi connectivity index (χ0v) is 11.7. The van der Waals surface area contributed by atoms with Crippen LogP contribution in [0.4, 0.5) is 0 Å². The van der Waals surface area contributed by atoms with Crippen molar-refractivity contribution in [3.63, 3.8) is 0 Å². The molecule has 1 aromatic carbocycles. The molecule has 1 N–H and O–H groups in total. The molecule has 1 aromatic heterocycles. The van der Waals surface area contributed by atoms with Crippen molar-refractivity contribution in [3.05, 3.63) is 53.3 Å². The van der Waals surface area contributed by atoms with Crippen LogP contribution in [-0.4, -0.2) is 11.5 Å². The zero-order chi connectivity index (χ0) is 13.5. The predicted molar refractivity (Wildman–Crippen MR) is 77.8 cm³/mol. The lowest BCUT2D eigenvalue weighted by atomic mass is 10.2. The van der Waals surface area contributed by atoms with E-state index in [4.69, 9.17) is 16.3 Å². The van der Waals surface area contributed by atoms with Crippen molar-refractivity contribution in [2.45, 2.75) is 19.9 Å². The summed E-state index contributed by atoms with van der Waals surface area (Å²) in [5.41, 5.74) is 1.12. The molecule has 0 fully saturated rings. The van der Waals surface area contributed by atoms with Crippen molar-refractivity contribution in [2.24, 2.45) is 0 Å². The smallest absolute Gasteiger partial charge is 0.147 e. The number of nitrogens with one attached hydrogen (secondary N) is 1. The molecule has 0 aliphatic rings. The van der Waals surface area contributed by atoms with Crippen LogP contribution in [0.5, 0.6) is 11.5 Å². The van der Waals surface area contributed by atoms with Crippen LogP contribution in [0.15, 0.2) is 42.7 Å². The third kappa shape index (κ3) is 4.23. The van der Waals surface area contributed by atoms with Crippen LogP contribution < -0.4 is 10.1 Å². The second-order valence-electron chi connectivity index (χ2n) is 4.23. The van der Waals surface area contributed by atoms with Gasteiger partial charge in [-0.25, -0.2) is 0 Å². The predicted octanol–water partition coefficient (Wildman–Crippen LogP) is 4.03. The Morgan fingerprint density at radius 2 is 2.11 bits per heavy atom. The molecule has 0 amide bonds. The molecule has 0 aliphatic heterocycles. The summed E-state index contributed by atoms with van der Waals surface area (Å²) in [5.74, 6) is 1.48. The maximum Gasteiger partial charge on any atom is 0.147 e. The van der Waals surface area contributed by atoms with E-state index in [1.807, 2.05) is 18.2 Å². The van der Waals surface area contributed by atoms with E-state index in [0.717, 1.165) is 30.8 Å². The van der Waals surface area contributed by atoms with Crippen LogP contribution in [-0.2, 0) is 6.54 Å². The maximum absolute atomic E-state index is 5.90. The van der Waals surface area contributed by atoms with E-state index in [1.54, 1.807) is 18.5 Å². The molecule has 0 atom stereocenters. The molecular weight excluding hydrogens is 260 g/mol. The van der Waals surface area contributed by atoms with E-state index >= 15 is 0 Å². The number of hydrogen-bond acceptors (Lipinski definition) is 3. The van der Waals surface area contributed by atoms with Crippen molar-refractivity contribution in [3.8, 4) is 11.5 Å². The maximum atomic E-state index is 5.90. The normalized spacial score (nSPS) is 10.4. The first-order chi connectivity index (χ1) is 9.29. The number of benzene rings is 1. The Morgan fingerprint density at radius 3 is 2.89 bits per heavy atom. The summed E-state index contributed by atoms with van der Waals surface area (Å²) < 4.78 is 5.83. The first-order valence-electron chi connectivity index (χ1n) is 6.36. The topological polar surface area (TPSA) is 34.1 Å². The number of para-hydroxylation sites is 1. The van der Waals surface area contributed by atoms with Gasteiger partial charge < -0.3 is 10.1 Å². The van der Waals surface area contributed by atoms with Crippen LogP contribution in [0, 0.1) is 0 Å². The van der Waals surface area contributed by atoms with Crippen LogP contribution in [0.1, 0.15) is 18.9 Å². The number of ether oxygens (including phenoxy) is 1. The van der Waals surface area contributed by atoms with E-state index in [9.17, 15) is 0 Å². The van der Waals surface area contributed by atoms with Gasteiger partial charge in [-0.05, 0) is 19.0 Å². The van der Waals surface area contributed by atoms with Gasteiger partial charge in [0.15, 0.2) is 0 Å². The van der Waals surface area contributed by atoms with E-state index in [1.165, 1.54) is 0 Å². The summed E-state index contributed by atoms with van der Waals surface area (Å²) in [4.78, 5) is 4.01. The molecule has 0 unspecified atom stereocenters. The lowest BCUT2D eigenvalue weighted by Crippen LogP contribution is -2.14. The summed E-state index contributed by atoms with van der Waals surface area (Å²) in [6.07, 6.45) is 4.35. The minimum atomic E-state index is 0.569. The third-order valence-corrected chi connectivity index (χ3v) is 2.83. The second kappa shape index (κ2) is 7.12.